The molecule has 0 amide bonds. The van der Waals surface area contributed by atoms with Gasteiger partial charge in [0, 0.05) is 15.5 Å². The maximum absolute atomic E-state index is 6.74. The van der Waals surface area contributed by atoms with Gasteiger partial charge < -0.3 is 5.73 Å². The SMILES string of the molecule is NC(Cc1ccc(Br)cc1Cl)C12CC3CC(CC(C3)C1)C2. The summed E-state index contributed by atoms with van der Waals surface area (Å²) in [4.78, 5) is 0. The van der Waals surface area contributed by atoms with Crippen molar-refractivity contribution >= 4 is 27.5 Å². The molecule has 0 heterocycles. The van der Waals surface area contributed by atoms with Gasteiger partial charge in [-0.1, -0.05) is 33.6 Å². The first kappa shape index (κ1) is 14.5. The second kappa shape index (κ2) is 5.25. The first-order chi connectivity index (χ1) is 10.0. The van der Waals surface area contributed by atoms with Gasteiger partial charge in [-0.05, 0) is 85.8 Å². The molecule has 0 saturated heterocycles. The van der Waals surface area contributed by atoms with Crippen LogP contribution in [-0.2, 0) is 6.42 Å². The second-order valence-electron chi connectivity index (χ2n) is 7.83. The predicted octanol–water partition coefficient (Wildman–Crippen LogP) is 5.19. The highest BCUT2D eigenvalue weighted by molar-refractivity contribution is 9.10. The predicted molar refractivity (Wildman–Crippen MR) is 91.4 cm³/mol. The molecule has 4 saturated carbocycles. The topological polar surface area (TPSA) is 26.0 Å². The summed E-state index contributed by atoms with van der Waals surface area (Å²) < 4.78 is 1.04. The molecule has 2 N–H and O–H groups in total. The molecule has 4 aliphatic carbocycles. The van der Waals surface area contributed by atoms with E-state index in [1.54, 1.807) is 0 Å². The van der Waals surface area contributed by atoms with Crippen molar-refractivity contribution in [3.63, 3.8) is 0 Å². The third-order valence-corrected chi connectivity index (χ3v) is 7.17. The summed E-state index contributed by atoms with van der Waals surface area (Å²) in [5.41, 5.74) is 8.36. The highest BCUT2D eigenvalue weighted by Crippen LogP contribution is 2.61. The van der Waals surface area contributed by atoms with Gasteiger partial charge in [-0.25, -0.2) is 0 Å². The van der Waals surface area contributed by atoms with Gasteiger partial charge in [0.25, 0.3) is 0 Å². The zero-order valence-corrected chi connectivity index (χ0v) is 14.7. The third-order valence-electron chi connectivity index (χ3n) is 6.33. The standard InChI is InChI=1S/C18H23BrClN/c19-15-2-1-14(16(20)7-15)6-17(21)18-8-11-3-12(9-18)5-13(4-11)10-18/h1-2,7,11-13,17H,3-6,8-10,21H2. The maximum atomic E-state index is 6.74. The monoisotopic (exact) mass is 367 g/mol. The summed E-state index contributed by atoms with van der Waals surface area (Å²) in [6.45, 7) is 0. The van der Waals surface area contributed by atoms with Crippen LogP contribution in [0.2, 0.25) is 5.02 Å². The van der Waals surface area contributed by atoms with Crippen LogP contribution in [0.4, 0.5) is 0 Å². The average Bonchev–Trinajstić information content (AvgIpc) is 2.40. The molecule has 1 unspecified atom stereocenters. The smallest absolute Gasteiger partial charge is 0.0449 e. The van der Waals surface area contributed by atoms with E-state index < -0.39 is 0 Å². The Bertz CT molecular complexity index is 521. The van der Waals surface area contributed by atoms with Crippen molar-refractivity contribution in [2.45, 2.75) is 51.0 Å². The molecule has 1 aromatic rings. The van der Waals surface area contributed by atoms with E-state index in [0.717, 1.165) is 33.7 Å². The molecule has 1 aromatic carbocycles. The van der Waals surface area contributed by atoms with Crippen molar-refractivity contribution in [2.24, 2.45) is 28.9 Å². The Balaban J connectivity index is 1.56. The Kier molecular flexibility index (Phi) is 3.63. The first-order valence-corrected chi connectivity index (χ1v) is 9.41. The van der Waals surface area contributed by atoms with E-state index in [1.807, 2.05) is 6.07 Å². The van der Waals surface area contributed by atoms with Crippen LogP contribution in [0.1, 0.15) is 44.1 Å². The largest absolute Gasteiger partial charge is 0.327 e. The summed E-state index contributed by atoms with van der Waals surface area (Å²) in [5.74, 6) is 2.88. The maximum Gasteiger partial charge on any atom is 0.0449 e. The number of benzene rings is 1. The molecular formula is C18H23BrClN. The van der Waals surface area contributed by atoms with Gasteiger partial charge in [-0.3, -0.25) is 0 Å². The highest BCUT2D eigenvalue weighted by Gasteiger charge is 2.53. The number of nitrogens with two attached hydrogens (primary N) is 1. The summed E-state index contributed by atoms with van der Waals surface area (Å²) in [6, 6.07) is 6.47. The molecule has 0 aliphatic heterocycles. The molecule has 0 radical (unpaired) electrons. The van der Waals surface area contributed by atoms with Crippen LogP contribution in [-0.4, -0.2) is 6.04 Å². The fraction of sp³-hybridized carbons (Fsp3) is 0.667. The van der Waals surface area contributed by atoms with Gasteiger partial charge in [0.05, 0.1) is 0 Å². The van der Waals surface area contributed by atoms with Gasteiger partial charge in [0.1, 0.15) is 0 Å². The second-order valence-corrected chi connectivity index (χ2v) is 9.15. The zero-order valence-electron chi connectivity index (χ0n) is 12.3. The van der Waals surface area contributed by atoms with Gasteiger partial charge in [-0.15, -0.1) is 0 Å². The van der Waals surface area contributed by atoms with Crippen molar-refractivity contribution < 1.29 is 0 Å². The van der Waals surface area contributed by atoms with E-state index in [1.165, 1.54) is 44.1 Å². The Morgan fingerprint density at radius 1 is 1.14 bits per heavy atom. The van der Waals surface area contributed by atoms with Crippen molar-refractivity contribution in [3.8, 4) is 0 Å². The third kappa shape index (κ3) is 2.58. The van der Waals surface area contributed by atoms with Crippen molar-refractivity contribution in [3.05, 3.63) is 33.3 Å². The van der Waals surface area contributed by atoms with Crippen LogP contribution >= 0.6 is 27.5 Å². The Labute approximate surface area is 140 Å². The molecule has 1 nitrogen and oxygen atoms in total. The average molecular weight is 369 g/mol. The van der Waals surface area contributed by atoms with Crippen molar-refractivity contribution in [1.29, 1.82) is 0 Å². The number of halogens is 2. The Morgan fingerprint density at radius 2 is 1.71 bits per heavy atom. The minimum absolute atomic E-state index is 0.268. The fourth-order valence-electron chi connectivity index (χ4n) is 5.77. The molecule has 4 bridgehead atoms. The normalized spacial score (nSPS) is 38.7. The van der Waals surface area contributed by atoms with E-state index >= 15 is 0 Å². The van der Waals surface area contributed by atoms with E-state index in [2.05, 4.69) is 28.1 Å². The van der Waals surface area contributed by atoms with Crippen molar-refractivity contribution in [1.82, 2.24) is 0 Å². The zero-order chi connectivity index (χ0) is 14.6. The van der Waals surface area contributed by atoms with Gasteiger partial charge in [0.15, 0.2) is 0 Å². The minimum Gasteiger partial charge on any atom is -0.327 e. The van der Waals surface area contributed by atoms with Crippen LogP contribution in [0, 0.1) is 23.2 Å². The molecule has 0 spiro atoms. The quantitative estimate of drug-likeness (QED) is 0.780. The number of hydrogen-bond donors (Lipinski definition) is 1. The highest BCUT2D eigenvalue weighted by atomic mass is 79.9. The lowest BCUT2D eigenvalue weighted by Crippen LogP contribution is -2.55. The molecule has 114 valence electrons. The molecule has 4 fully saturated rings. The lowest BCUT2D eigenvalue weighted by molar-refractivity contribution is -0.0667. The Hall–Kier alpha value is -0.0500. The first-order valence-electron chi connectivity index (χ1n) is 8.23. The lowest BCUT2D eigenvalue weighted by atomic mass is 9.47. The molecule has 1 atom stereocenters. The van der Waals surface area contributed by atoms with E-state index in [-0.39, 0.29) is 6.04 Å². The van der Waals surface area contributed by atoms with Crippen LogP contribution in [0.5, 0.6) is 0 Å². The number of hydrogen-bond acceptors (Lipinski definition) is 1. The molecule has 5 rings (SSSR count). The Morgan fingerprint density at radius 3 is 2.24 bits per heavy atom. The number of rotatable bonds is 3. The van der Waals surface area contributed by atoms with Crippen LogP contribution < -0.4 is 5.73 Å². The minimum atomic E-state index is 0.268. The van der Waals surface area contributed by atoms with Gasteiger partial charge >= 0.3 is 0 Å². The van der Waals surface area contributed by atoms with E-state index in [0.29, 0.717) is 5.41 Å². The van der Waals surface area contributed by atoms with Crippen LogP contribution in [0.3, 0.4) is 0 Å². The van der Waals surface area contributed by atoms with Gasteiger partial charge in [0.2, 0.25) is 0 Å². The molecule has 4 aliphatic rings. The lowest BCUT2D eigenvalue weighted by Gasteiger charge is -2.59. The molecule has 3 heteroatoms. The summed E-state index contributed by atoms with van der Waals surface area (Å²) >= 11 is 9.87. The van der Waals surface area contributed by atoms with E-state index in [9.17, 15) is 0 Å². The van der Waals surface area contributed by atoms with Gasteiger partial charge in [-0.2, -0.15) is 0 Å². The summed E-state index contributed by atoms with van der Waals surface area (Å²) in [5, 5.41) is 0.851. The van der Waals surface area contributed by atoms with Crippen LogP contribution in [0.15, 0.2) is 22.7 Å². The molecular weight excluding hydrogens is 346 g/mol. The molecule has 0 aromatic heterocycles. The van der Waals surface area contributed by atoms with Crippen molar-refractivity contribution in [2.75, 3.05) is 0 Å². The fourth-order valence-corrected chi connectivity index (χ4v) is 6.52. The summed E-state index contributed by atoms with van der Waals surface area (Å²) in [6.07, 6.45) is 9.47. The summed E-state index contributed by atoms with van der Waals surface area (Å²) in [7, 11) is 0. The van der Waals surface area contributed by atoms with Crippen LogP contribution in [0.25, 0.3) is 0 Å². The molecule has 21 heavy (non-hydrogen) atoms. The van der Waals surface area contributed by atoms with E-state index in [4.69, 9.17) is 17.3 Å².